The maximum absolute atomic E-state index is 13.2. The second-order valence-corrected chi connectivity index (χ2v) is 10.4. The smallest absolute Gasteiger partial charge is 0.161 e. The second-order valence-electron chi connectivity index (χ2n) is 10.4. The minimum Gasteiger partial charge on any atom is -0.493 e. The number of likely N-dealkylation sites (tertiary alicyclic amines) is 1. The van der Waals surface area contributed by atoms with Crippen LogP contribution in [0, 0.1) is 23.1 Å². The Morgan fingerprint density at radius 3 is 2.30 bits per heavy atom. The molecule has 1 aliphatic rings. The first-order valence-electron chi connectivity index (χ1n) is 13.8. The number of aliphatic hydroxyl groups excluding tert-OH is 1. The maximum atomic E-state index is 13.2. The molecule has 0 saturated carbocycles. The number of halogens is 1. The summed E-state index contributed by atoms with van der Waals surface area (Å²) >= 11 is 0. The number of nitriles is 1. The summed E-state index contributed by atoms with van der Waals surface area (Å²) < 4.78 is 24.2. The zero-order chi connectivity index (χ0) is 26.7. The number of methoxy groups -OCH3 is 2. The van der Waals surface area contributed by atoms with Crippen LogP contribution in [0.15, 0.2) is 42.5 Å². The summed E-state index contributed by atoms with van der Waals surface area (Å²) in [5.41, 5.74) is 1.24. The molecule has 1 saturated heterocycles. The highest BCUT2D eigenvalue weighted by Crippen LogP contribution is 2.39. The third-order valence-corrected chi connectivity index (χ3v) is 7.98. The van der Waals surface area contributed by atoms with E-state index in [2.05, 4.69) is 17.9 Å². The van der Waals surface area contributed by atoms with E-state index in [1.165, 1.54) is 25.0 Å². The molecule has 1 aliphatic heterocycles. The van der Waals surface area contributed by atoms with Gasteiger partial charge in [-0.25, -0.2) is 4.39 Å². The van der Waals surface area contributed by atoms with Crippen molar-refractivity contribution in [1.29, 1.82) is 5.26 Å². The van der Waals surface area contributed by atoms with E-state index in [0.29, 0.717) is 11.5 Å². The van der Waals surface area contributed by atoms with Crippen molar-refractivity contribution < 1.29 is 19.0 Å². The molecule has 1 N–H and O–H groups in total. The Morgan fingerprint density at radius 2 is 1.68 bits per heavy atom. The molecule has 3 rings (SSSR count). The van der Waals surface area contributed by atoms with Gasteiger partial charge < -0.3 is 19.5 Å². The van der Waals surface area contributed by atoms with E-state index in [1.807, 2.05) is 18.2 Å². The summed E-state index contributed by atoms with van der Waals surface area (Å²) in [5.74, 6) is 1.24. The molecule has 0 amide bonds. The lowest BCUT2D eigenvalue weighted by molar-refractivity contribution is 0.0580. The number of ether oxygens (including phenoxy) is 2. The van der Waals surface area contributed by atoms with Gasteiger partial charge in [0.25, 0.3) is 0 Å². The van der Waals surface area contributed by atoms with E-state index in [-0.39, 0.29) is 11.7 Å². The summed E-state index contributed by atoms with van der Waals surface area (Å²) in [4.78, 5) is 2.45. The van der Waals surface area contributed by atoms with Crippen LogP contribution in [0.4, 0.5) is 4.39 Å². The van der Waals surface area contributed by atoms with Gasteiger partial charge in [-0.1, -0.05) is 50.8 Å². The van der Waals surface area contributed by atoms with Crippen molar-refractivity contribution in [3.05, 3.63) is 59.4 Å². The molecule has 0 aliphatic carbocycles. The monoisotopic (exact) mass is 510 g/mol. The fourth-order valence-corrected chi connectivity index (χ4v) is 5.61. The van der Waals surface area contributed by atoms with Crippen LogP contribution >= 0.6 is 0 Å². The summed E-state index contributed by atoms with van der Waals surface area (Å²) in [6, 6.07) is 14.8. The molecule has 6 heteroatoms. The number of rotatable bonds is 14. The van der Waals surface area contributed by atoms with Gasteiger partial charge in [0.15, 0.2) is 11.5 Å². The first-order valence-corrected chi connectivity index (χ1v) is 13.8. The normalized spacial score (nSPS) is 17.1. The van der Waals surface area contributed by atoms with E-state index in [9.17, 15) is 14.8 Å². The Morgan fingerprint density at radius 1 is 1.00 bits per heavy atom. The molecular weight excluding hydrogens is 467 g/mol. The number of hydrogen-bond acceptors (Lipinski definition) is 5. The molecular formula is C31H43FN2O3. The van der Waals surface area contributed by atoms with Crippen molar-refractivity contribution in [2.24, 2.45) is 5.92 Å². The molecule has 1 fully saturated rings. The van der Waals surface area contributed by atoms with Crippen molar-refractivity contribution in [3.63, 3.8) is 0 Å². The van der Waals surface area contributed by atoms with Crippen LogP contribution in [-0.2, 0) is 5.41 Å². The number of hydrogen-bond donors (Lipinski definition) is 1. The van der Waals surface area contributed by atoms with E-state index in [1.54, 1.807) is 26.4 Å². The van der Waals surface area contributed by atoms with Crippen LogP contribution < -0.4 is 9.47 Å². The largest absolute Gasteiger partial charge is 0.493 e. The highest BCUT2D eigenvalue weighted by atomic mass is 19.1. The zero-order valence-electron chi connectivity index (χ0n) is 22.7. The molecule has 2 atom stereocenters. The Labute approximate surface area is 222 Å². The molecule has 0 spiro atoms. The van der Waals surface area contributed by atoms with Gasteiger partial charge in [-0.05, 0) is 93.0 Å². The van der Waals surface area contributed by atoms with Gasteiger partial charge in [0.2, 0.25) is 0 Å². The van der Waals surface area contributed by atoms with E-state index in [4.69, 9.17) is 9.47 Å². The van der Waals surface area contributed by atoms with Crippen LogP contribution in [-0.4, -0.2) is 43.9 Å². The summed E-state index contributed by atoms with van der Waals surface area (Å²) in [6.07, 6.45) is 8.35. The minimum atomic E-state index is -0.554. The number of aliphatic hydroxyl groups is 1. The molecule has 5 nitrogen and oxygen atoms in total. The van der Waals surface area contributed by atoms with E-state index in [0.717, 1.165) is 75.7 Å². The molecule has 37 heavy (non-hydrogen) atoms. The fraction of sp³-hybridized carbons (Fsp3) is 0.581. The molecule has 0 bridgehead atoms. The average Bonchev–Trinajstić information content (AvgIpc) is 2.94. The molecule has 2 aromatic carbocycles. The number of nitrogens with zero attached hydrogens (tertiary/aromatic N) is 2. The van der Waals surface area contributed by atoms with Crippen LogP contribution in [0.5, 0.6) is 11.5 Å². The van der Waals surface area contributed by atoms with Gasteiger partial charge in [-0.3, -0.25) is 0 Å². The van der Waals surface area contributed by atoms with Gasteiger partial charge in [0, 0.05) is 0 Å². The lowest BCUT2D eigenvalue weighted by atomic mass is 9.74. The quantitative estimate of drug-likeness (QED) is 0.283. The molecule has 2 aromatic rings. The summed E-state index contributed by atoms with van der Waals surface area (Å²) in [6.45, 7) is 4.99. The number of piperidine rings is 1. The number of unbranched alkanes of at least 4 members (excludes halogenated alkanes) is 3. The van der Waals surface area contributed by atoms with Crippen molar-refractivity contribution in [2.45, 2.75) is 76.2 Å². The van der Waals surface area contributed by atoms with Gasteiger partial charge in [0.05, 0.1) is 31.8 Å². The Balaban J connectivity index is 1.60. The van der Waals surface area contributed by atoms with Gasteiger partial charge in [-0.2, -0.15) is 5.26 Å². The predicted octanol–water partition coefficient (Wildman–Crippen LogP) is 6.80. The Hall–Kier alpha value is -2.62. The van der Waals surface area contributed by atoms with Crippen molar-refractivity contribution >= 4 is 0 Å². The highest BCUT2D eigenvalue weighted by Gasteiger charge is 2.33. The maximum Gasteiger partial charge on any atom is 0.161 e. The number of benzene rings is 2. The van der Waals surface area contributed by atoms with E-state index >= 15 is 0 Å². The molecule has 2 unspecified atom stereocenters. The van der Waals surface area contributed by atoms with Crippen LogP contribution in [0.1, 0.15) is 81.9 Å². The van der Waals surface area contributed by atoms with Crippen molar-refractivity contribution in [2.75, 3.05) is 33.9 Å². The first-order chi connectivity index (χ1) is 18.0. The van der Waals surface area contributed by atoms with Crippen LogP contribution in [0.3, 0.4) is 0 Å². The van der Waals surface area contributed by atoms with Gasteiger partial charge >= 0.3 is 0 Å². The molecule has 1 heterocycles. The fourth-order valence-electron chi connectivity index (χ4n) is 5.61. The molecule has 0 aromatic heterocycles. The standard InChI is InChI=1S/C31H43FN2O3/c1-4-5-6-7-17-31(23-33,26-11-14-28(36-2)29(22-26)37-3)18-8-19-34-20-15-25(16-21-34)30(35)24-9-12-27(32)13-10-24/h9-14,22,25,30,35H,4-8,15-21H2,1-3H3. The SMILES string of the molecule is CCCCCCC(C#N)(CCCN1CCC(C(O)c2ccc(F)cc2)CC1)c1ccc(OC)c(OC)c1. The Kier molecular flexibility index (Phi) is 11.2. The lowest BCUT2D eigenvalue weighted by Gasteiger charge is -2.35. The lowest BCUT2D eigenvalue weighted by Crippen LogP contribution is -2.37. The van der Waals surface area contributed by atoms with Gasteiger partial charge in [-0.15, -0.1) is 0 Å². The third-order valence-electron chi connectivity index (χ3n) is 7.98. The van der Waals surface area contributed by atoms with E-state index < -0.39 is 11.5 Å². The minimum absolute atomic E-state index is 0.185. The highest BCUT2D eigenvalue weighted by molar-refractivity contribution is 5.47. The van der Waals surface area contributed by atoms with Gasteiger partial charge in [0.1, 0.15) is 5.82 Å². The topological polar surface area (TPSA) is 65.7 Å². The van der Waals surface area contributed by atoms with Crippen molar-refractivity contribution in [3.8, 4) is 17.6 Å². The summed E-state index contributed by atoms with van der Waals surface area (Å²) in [7, 11) is 3.26. The van der Waals surface area contributed by atoms with Crippen LogP contribution in [0.25, 0.3) is 0 Å². The molecule has 202 valence electrons. The zero-order valence-corrected chi connectivity index (χ0v) is 22.7. The summed E-state index contributed by atoms with van der Waals surface area (Å²) in [5, 5.41) is 21.2. The molecule has 0 radical (unpaired) electrons. The second kappa shape index (κ2) is 14.4. The van der Waals surface area contributed by atoms with Crippen molar-refractivity contribution in [1.82, 2.24) is 4.90 Å². The average molecular weight is 511 g/mol. The third kappa shape index (κ3) is 7.69. The van der Waals surface area contributed by atoms with Crippen LogP contribution in [0.2, 0.25) is 0 Å². The first kappa shape index (κ1) is 28.9. The predicted molar refractivity (Wildman–Crippen MR) is 145 cm³/mol. The Bertz CT molecular complexity index is 999.